The summed E-state index contributed by atoms with van der Waals surface area (Å²) < 4.78 is 2.06. The van der Waals surface area contributed by atoms with Gasteiger partial charge in [-0.2, -0.15) is 0 Å². The van der Waals surface area contributed by atoms with E-state index in [1.165, 1.54) is 0 Å². The Bertz CT molecular complexity index is 398. The zero-order chi connectivity index (χ0) is 7.84. The number of thiophene rings is 1. The van der Waals surface area contributed by atoms with Gasteiger partial charge in [0.2, 0.25) is 0 Å². The summed E-state index contributed by atoms with van der Waals surface area (Å²) in [5.74, 6) is 0. The SMILES string of the molecule is Clc1ccnc2c(Br)csc12. The zero-order valence-corrected chi connectivity index (χ0v) is 8.50. The molecule has 0 saturated carbocycles. The normalized spacial score (nSPS) is 10.7. The van der Waals surface area contributed by atoms with E-state index in [0.29, 0.717) is 0 Å². The summed E-state index contributed by atoms with van der Waals surface area (Å²) in [5, 5.41) is 2.76. The lowest BCUT2D eigenvalue weighted by Gasteiger charge is -1.90. The van der Waals surface area contributed by atoms with Crippen molar-refractivity contribution in [1.29, 1.82) is 0 Å². The Labute approximate surface area is 81.1 Å². The van der Waals surface area contributed by atoms with E-state index in [2.05, 4.69) is 20.9 Å². The molecule has 2 aromatic heterocycles. The number of hydrogen-bond donors (Lipinski definition) is 0. The highest BCUT2D eigenvalue weighted by Crippen LogP contribution is 2.32. The number of nitrogens with zero attached hydrogens (tertiary/aromatic N) is 1. The van der Waals surface area contributed by atoms with Gasteiger partial charge in [-0.15, -0.1) is 11.3 Å². The van der Waals surface area contributed by atoms with Crippen LogP contribution < -0.4 is 0 Å². The standard InChI is InChI=1S/C7H3BrClNS/c8-4-3-11-7-5(9)1-2-10-6(4)7/h1-3H. The highest BCUT2D eigenvalue weighted by atomic mass is 79.9. The Morgan fingerprint density at radius 3 is 3.09 bits per heavy atom. The number of aromatic nitrogens is 1. The minimum Gasteiger partial charge on any atom is -0.254 e. The van der Waals surface area contributed by atoms with Crippen LogP contribution in [0.4, 0.5) is 0 Å². The lowest BCUT2D eigenvalue weighted by molar-refractivity contribution is 1.42. The van der Waals surface area contributed by atoms with E-state index in [4.69, 9.17) is 11.6 Å². The van der Waals surface area contributed by atoms with Gasteiger partial charge in [0.1, 0.15) is 0 Å². The highest BCUT2D eigenvalue weighted by molar-refractivity contribution is 9.10. The fraction of sp³-hybridized carbons (Fsp3) is 0. The van der Waals surface area contributed by atoms with Crippen LogP contribution in [0.2, 0.25) is 5.02 Å². The van der Waals surface area contributed by atoms with Gasteiger partial charge in [-0.25, -0.2) is 0 Å². The van der Waals surface area contributed by atoms with Gasteiger partial charge in [-0.1, -0.05) is 11.6 Å². The van der Waals surface area contributed by atoms with E-state index in [-0.39, 0.29) is 0 Å². The second-order valence-corrected chi connectivity index (χ2v) is 4.20. The van der Waals surface area contributed by atoms with Crippen molar-refractivity contribution in [3.05, 3.63) is 27.1 Å². The molecule has 0 N–H and O–H groups in total. The molecule has 11 heavy (non-hydrogen) atoms. The Kier molecular flexibility index (Phi) is 1.87. The highest BCUT2D eigenvalue weighted by Gasteiger charge is 2.04. The molecule has 0 aliphatic heterocycles. The molecular weight excluding hydrogens is 246 g/mol. The van der Waals surface area contributed by atoms with Gasteiger partial charge in [0, 0.05) is 11.6 Å². The Morgan fingerprint density at radius 2 is 2.36 bits per heavy atom. The molecule has 0 atom stereocenters. The molecule has 2 rings (SSSR count). The van der Waals surface area contributed by atoms with E-state index in [9.17, 15) is 0 Å². The van der Waals surface area contributed by atoms with E-state index in [1.807, 2.05) is 5.38 Å². The van der Waals surface area contributed by atoms with Crippen LogP contribution in [0.5, 0.6) is 0 Å². The van der Waals surface area contributed by atoms with Crippen molar-refractivity contribution in [3.8, 4) is 0 Å². The average Bonchev–Trinajstić information content (AvgIpc) is 2.35. The predicted octanol–water partition coefficient (Wildman–Crippen LogP) is 3.71. The van der Waals surface area contributed by atoms with Crippen LogP contribution in [0.3, 0.4) is 0 Å². The third kappa shape index (κ3) is 1.17. The summed E-state index contributed by atoms with van der Waals surface area (Å²) in [6.07, 6.45) is 1.71. The van der Waals surface area contributed by atoms with Crippen molar-refractivity contribution in [2.24, 2.45) is 0 Å². The average molecular weight is 249 g/mol. The molecule has 0 unspecified atom stereocenters. The molecule has 0 fully saturated rings. The third-order valence-corrected chi connectivity index (χ3v) is 3.70. The predicted molar refractivity (Wildman–Crippen MR) is 52.3 cm³/mol. The van der Waals surface area contributed by atoms with Gasteiger partial charge < -0.3 is 0 Å². The van der Waals surface area contributed by atoms with Gasteiger partial charge in [0.05, 0.1) is 19.7 Å². The molecule has 2 heterocycles. The molecule has 0 aliphatic rings. The van der Waals surface area contributed by atoms with Crippen molar-refractivity contribution in [2.45, 2.75) is 0 Å². The quantitative estimate of drug-likeness (QED) is 0.692. The Balaban J connectivity index is 2.94. The molecule has 0 spiro atoms. The van der Waals surface area contributed by atoms with Crippen LogP contribution in [0.25, 0.3) is 10.2 Å². The number of hydrogen-bond acceptors (Lipinski definition) is 2. The van der Waals surface area contributed by atoms with Gasteiger partial charge >= 0.3 is 0 Å². The van der Waals surface area contributed by atoms with Crippen LogP contribution >= 0.6 is 38.9 Å². The van der Waals surface area contributed by atoms with Crippen LogP contribution in [0.15, 0.2) is 22.1 Å². The first-order chi connectivity index (χ1) is 5.29. The molecule has 2 aromatic rings. The largest absolute Gasteiger partial charge is 0.254 e. The first-order valence-electron chi connectivity index (χ1n) is 2.96. The van der Waals surface area contributed by atoms with Crippen molar-refractivity contribution in [3.63, 3.8) is 0 Å². The second-order valence-electron chi connectivity index (χ2n) is 2.05. The zero-order valence-electron chi connectivity index (χ0n) is 5.34. The summed E-state index contributed by atoms with van der Waals surface area (Å²) in [4.78, 5) is 4.18. The summed E-state index contributed by atoms with van der Waals surface area (Å²) >= 11 is 10.9. The number of pyridine rings is 1. The van der Waals surface area contributed by atoms with Gasteiger partial charge in [0.25, 0.3) is 0 Å². The van der Waals surface area contributed by atoms with Crippen molar-refractivity contribution < 1.29 is 0 Å². The first-order valence-corrected chi connectivity index (χ1v) is 5.01. The second kappa shape index (κ2) is 2.73. The van der Waals surface area contributed by atoms with Crippen molar-refractivity contribution in [2.75, 3.05) is 0 Å². The number of fused-ring (bicyclic) bond motifs is 1. The third-order valence-electron chi connectivity index (χ3n) is 1.36. The number of rotatable bonds is 0. The molecule has 0 radical (unpaired) electrons. The molecule has 0 bridgehead atoms. The van der Waals surface area contributed by atoms with Gasteiger partial charge in [-0.3, -0.25) is 4.98 Å². The van der Waals surface area contributed by atoms with E-state index in [1.54, 1.807) is 23.6 Å². The van der Waals surface area contributed by atoms with Crippen molar-refractivity contribution in [1.82, 2.24) is 4.98 Å². The molecule has 1 nitrogen and oxygen atoms in total. The molecule has 0 saturated heterocycles. The van der Waals surface area contributed by atoms with E-state index in [0.717, 1.165) is 19.7 Å². The minimum absolute atomic E-state index is 0.769. The summed E-state index contributed by atoms with van der Waals surface area (Å²) in [7, 11) is 0. The fourth-order valence-electron chi connectivity index (χ4n) is 0.873. The fourth-order valence-corrected chi connectivity index (χ4v) is 2.65. The topological polar surface area (TPSA) is 12.9 Å². The maximum Gasteiger partial charge on any atom is 0.0966 e. The minimum atomic E-state index is 0.769. The smallest absolute Gasteiger partial charge is 0.0966 e. The van der Waals surface area contributed by atoms with Crippen LogP contribution in [-0.2, 0) is 0 Å². The Morgan fingerprint density at radius 1 is 1.55 bits per heavy atom. The lowest BCUT2D eigenvalue weighted by atomic mass is 10.4. The van der Waals surface area contributed by atoms with Crippen LogP contribution in [0.1, 0.15) is 0 Å². The molecule has 56 valence electrons. The summed E-state index contributed by atoms with van der Waals surface area (Å²) in [6, 6.07) is 1.80. The summed E-state index contributed by atoms with van der Waals surface area (Å²) in [5.41, 5.74) is 0.947. The molecule has 0 aromatic carbocycles. The molecule has 4 heteroatoms. The molecule has 0 amide bonds. The lowest BCUT2D eigenvalue weighted by Crippen LogP contribution is -1.71. The monoisotopic (exact) mass is 247 g/mol. The molecular formula is C7H3BrClNS. The van der Waals surface area contributed by atoms with Gasteiger partial charge in [-0.05, 0) is 22.0 Å². The molecule has 0 aliphatic carbocycles. The van der Waals surface area contributed by atoms with Crippen LogP contribution in [-0.4, -0.2) is 4.98 Å². The Hall–Kier alpha value is -0.120. The first kappa shape index (κ1) is 7.53. The maximum absolute atomic E-state index is 5.92. The van der Waals surface area contributed by atoms with E-state index >= 15 is 0 Å². The van der Waals surface area contributed by atoms with Gasteiger partial charge in [0.15, 0.2) is 0 Å². The summed E-state index contributed by atoms with van der Waals surface area (Å²) in [6.45, 7) is 0. The number of halogens is 2. The van der Waals surface area contributed by atoms with Crippen LogP contribution in [0, 0.1) is 0 Å². The van der Waals surface area contributed by atoms with E-state index < -0.39 is 0 Å². The van der Waals surface area contributed by atoms with Crippen molar-refractivity contribution >= 4 is 49.1 Å². The maximum atomic E-state index is 5.92.